The molecule has 126 valence electrons. The number of hydrogen-bond donors (Lipinski definition) is 2. The van der Waals surface area contributed by atoms with Crippen LogP contribution in [0, 0.1) is 5.92 Å². The molecule has 0 radical (unpaired) electrons. The highest BCUT2D eigenvalue weighted by Crippen LogP contribution is 2.20. The standard InChI is InChI=1S/C15H20N2O5S/c1-2-16-23(21,22)13-5-3-11(4-6-13)14(18)17-9-7-12(8-10-17)15(19)20/h3-6,12,16H,2,7-10H2,1H3,(H,19,20). The number of hydrogen-bond acceptors (Lipinski definition) is 4. The molecular weight excluding hydrogens is 320 g/mol. The number of carboxylic acids is 1. The second-order valence-corrected chi connectivity index (χ2v) is 7.20. The second-order valence-electron chi connectivity index (χ2n) is 5.43. The summed E-state index contributed by atoms with van der Waals surface area (Å²) >= 11 is 0. The summed E-state index contributed by atoms with van der Waals surface area (Å²) < 4.78 is 26.1. The first-order valence-corrected chi connectivity index (χ1v) is 8.95. The van der Waals surface area contributed by atoms with Crippen LogP contribution >= 0.6 is 0 Å². The smallest absolute Gasteiger partial charge is 0.306 e. The van der Waals surface area contributed by atoms with Crippen LogP contribution in [0.15, 0.2) is 29.2 Å². The number of carboxylic acid groups (broad SMARTS) is 1. The summed E-state index contributed by atoms with van der Waals surface area (Å²) in [7, 11) is -3.53. The summed E-state index contributed by atoms with van der Waals surface area (Å²) in [5.74, 6) is -1.43. The minimum atomic E-state index is -3.53. The molecule has 8 heteroatoms. The van der Waals surface area contributed by atoms with E-state index in [9.17, 15) is 18.0 Å². The monoisotopic (exact) mass is 340 g/mol. The van der Waals surface area contributed by atoms with Gasteiger partial charge in [-0.1, -0.05) is 6.92 Å². The Bertz CT molecular complexity index is 676. The molecule has 1 aliphatic rings. The van der Waals surface area contributed by atoms with Gasteiger partial charge in [-0.25, -0.2) is 13.1 Å². The van der Waals surface area contributed by atoms with Crippen molar-refractivity contribution in [3.05, 3.63) is 29.8 Å². The summed E-state index contributed by atoms with van der Waals surface area (Å²) in [6.07, 6.45) is 0.877. The fraction of sp³-hybridized carbons (Fsp3) is 0.467. The lowest BCUT2D eigenvalue weighted by Crippen LogP contribution is -2.40. The molecule has 0 aliphatic carbocycles. The van der Waals surface area contributed by atoms with E-state index < -0.39 is 21.9 Å². The van der Waals surface area contributed by atoms with E-state index in [2.05, 4.69) is 4.72 Å². The number of nitrogens with one attached hydrogen (secondary N) is 1. The molecule has 1 aromatic rings. The Morgan fingerprint density at radius 1 is 1.22 bits per heavy atom. The molecule has 0 atom stereocenters. The third-order valence-electron chi connectivity index (χ3n) is 3.88. The summed E-state index contributed by atoms with van der Waals surface area (Å²) in [6.45, 7) is 2.78. The minimum Gasteiger partial charge on any atom is -0.481 e. The third kappa shape index (κ3) is 4.08. The lowest BCUT2D eigenvalue weighted by atomic mass is 9.96. The van der Waals surface area contributed by atoms with Crippen molar-refractivity contribution in [2.75, 3.05) is 19.6 Å². The van der Waals surface area contributed by atoms with Gasteiger partial charge in [0.05, 0.1) is 10.8 Å². The summed E-state index contributed by atoms with van der Waals surface area (Å²) in [6, 6.07) is 5.76. The molecule has 1 fully saturated rings. The van der Waals surface area contributed by atoms with Gasteiger partial charge in [0.15, 0.2) is 0 Å². The molecule has 1 amide bonds. The summed E-state index contributed by atoms with van der Waals surface area (Å²) in [5.41, 5.74) is 0.397. The molecule has 23 heavy (non-hydrogen) atoms. The molecule has 0 spiro atoms. The van der Waals surface area contributed by atoms with E-state index in [1.165, 1.54) is 24.3 Å². The van der Waals surface area contributed by atoms with Crippen molar-refractivity contribution in [1.29, 1.82) is 0 Å². The van der Waals surface area contributed by atoms with E-state index in [1.807, 2.05) is 0 Å². The van der Waals surface area contributed by atoms with Crippen LogP contribution in [-0.2, 0) is 14.8 Å². The highest BCUT2D eigenvalue weighted by Gasteiger charge is 2.27. The molecular formula is C15H20N2O5S. The maximum absolute atomic E-state index is 12.4. The number of benzene rings is 1. The molecule has 0 bridgehead atoms. The minimum absolute atomic E-state index is 0.112. The molecule has 1 aromatic carbocycles. The number of amides is 1. The van der Waals surface area contributed by atoms with Gasteiger partial charge in [-0.05, 0) is 37.1 Å². The molecule has 1 saturated heterocycles. The highest BCUT2D eigenvalue weighted by molar-refractivity contribution is 7.89. The van der Waals surface area contributed by atoms with Gasteiger partial charge in [-0.2, -0.15) is 0 Å². The van der Waals surface area contributed by atoms with Gasteiger partial charge in [-0.3, -0.25) is 9.59 Å². The second kappa shape index (κ2) is 7.10. The number of rotatable bonds is 5. The number of nitrogens with zero attached hydrogens (tertiary/aromatic N) is 1. The van der Waals surface area contributed by atoms with Gasteiger partial charge in [0.25, 0.3) is 5.91 Å². The van der Waals surface area contributed by atoms with Crippen LogP contribution in [0.5, 0.6) is 0 Å². The number of likely N-dealkylation sites (tertiary alicyclic amines) is 1. The third-order valence-corrected chi connectivity index (χ3v) is 5.44. The summed E-state index contributed by atoms with van der Waals surface area (Å²) in [5, 5.41) is 8.96. The normalized spacial score (nSPS) is 16.3. The van der Waals surface area contributed by atoms with Gasteiger partial charge in [0.2, 0.25) is 10.0 Å². The van der Waals surface area contributed by atoms with Gasteiger partial charge < -0.3 is 10.0 Å². The molecule has 0 unspecified atom stereocenters. The van der Waals surface area contributed by atoms with Crippen molar-refractivity contribution in [3.8, 4) is 0 Å². The molecule has 1 heterocycles. The predicted molar refractivity (Wildman–Crippen MR) is 83.6 cm³/mol. The predicted octanol–water partition coefficient (Wildman–Crippen LogP) is 0.922. The van der Waals surface area contributed by atoms with E-state index in [0.29, 0.717) is 38.0 Å². The van der Waals surface area contributed by atoms with E-state index >= 15 is 0 Å². The highest BCUT2D eigenvalue weighted by atomic mass is 32.2. The Labute approximate surface area is 135 Å². The largest absolute Gasteiger partial charge is 0.481 e. The van der Waals surface area contributed by atoms with Crippen LogP contribution in [0.4, 0.5) is 0 Å². The Kier molecular flexibility index (Phi) is 5.38. The molecule has 2 N–H and O–H groups in total. The topological polar surface area (TPSA) is 104 Å². The zero-order valence-electron chi connectivity index (χ0n) is 12.9. The van der Waals surface area contributed by atoms with Crippen molar-refractivity contribution >= 4 is 21.9 Å². The fourth-order valence-corrected chi connectivity index (χ4v) is 3.60. The van der Waals surface area contributed by atoms with Crippen molar-refractivity contribution in [2.45, 2.75) is 24.7 Å². The Morgan fingerprint density at radius 3 is 2.26 bits per heavy atom. The van der Waals surface area contributed by atoms with Gasteiger partial charge in [0.1, 0.15) is 0 Å². The average molecular weight is 340 g/mol. The first-order chi connectivity index (χ1) is 10.8. The summed E-state index contributed by atoms with van der Waals surface area (Å²) in [4.78, 5) is 25.0. The SMILES string of the molecule is CCNS(=O)(=O)c1ccc(C(=O)N2CCC(C(=O)O)CC2)cc1. The number of piperidine rings is 1. The van der Waals surface area contributed by atoms with Crippen molar-refractivity contribution in [3.63, 3.8) is 0 Å². The van der Waals surface area contributed by atoms with E-state index in [1.54, 1.807) is 11.8 Å². The molecule has 2 rings (SSSR count). The maximum atomic E-state index is 12.4. The van der Waals surface area contributed by atoms with Crippen molar-refractivity contribution in [1.82, 2.24) is 9.62 Å². The number of sulfonamides is 1. The van der Waals surface area contributed by atoms with Gasteiger partial charge in [0, 0.05) is 25.2 Å². The van der Waals surface area contributed by atoms with Crippen LogP contribution in [0.1, 0.15) is 30.1 Å². The van der Waals surface area contributed by atoms with Gasteiger partial charge in [-0.15, -0.1) is 0 Å². The fourth-order valence-electron chi connectivity index (χ4n) is 2.56. The Balaban J connectivity index is 2.05. The van der Waals surface area contributed by atoms with Crippen LogP contribution in [-0.4, -0.2) is 49.9 Å². The molecule has 0 aromatic heterocycles. The first-order valence-electron chi connectivity index (χ1n) is 7.47. The van der Waals surface area contributed by atoms with Crippen LogP contribution in [0.3, 0.4) is 0 Å². The van der Waals surface area contributed by atoms with Crippen molar-refractivity contribution in [2.24, 2.45) is 5.92 Å². The zero-order valence-corrected chi connectivity index (χ0v) is 13.7. The zero-order chi connectivity index (χ0) is 17.0. The van der Waals surface area contributed by atoms with Crippen LogP contribution in [0.2, 0.25) is 0 Å². The Hall–Kier alpha value is -1.93. The first kappa shape index (κ1) is 17.4. The number of carbonyl (C=O) groups excluding carboxylic acids is 1. The average Bonchev–Trinajstić information content (AvgIpc) is 2.54. The quantitative estimate of drug-likeness (QED) is 0.829. The molecule has 1 aliphatic heterocycles. The lowest BCUT2D eigenvalue weighted by Gasteiger charge is -2.30. The van der Waals surface area contributed by atoms with E-state index in [0.717, 1.165) is 0 Å². The maximum Gasteiger partial charge on any atom is 0.306 e. The van der Waals surface area contributed by atoms with E-state index in [4.69, 9.17) is 5.11 Å². The number of carbonyl (C=O) groups is 2. The Morgan fingerprint density at radius 2 is 1.78 bits per heavy atom. The van der Waals surface area contributed by atoms with Crippen LogP contribution in [0.25, 0.3) is 0 Å². The molecule has 7 nitrogen and oxygen atoms in total. The molecule has 0 saturated carbocycles. The lowest BCUT2D eigenvalue weighted by molar-refractivity contribution is -0.143. The van der Waals surface area contributed by atoms with Crippen LogP contribution < -0.4 is 4.72 Å². The van der Waals surface area contributed by atoms with Gasteiger partial charge >= 0.3 is 5.97 Å². The van der Waals surface area contributed by atoms with E-state index in [-0.39, 0.29) is 10.8 Å². The number of aliphatic carboxylic acids is 1. The van der Waals surface area contributed by atoms with Crippen molar-refractivity contribution < 1.29 is 23.1 Å².